The summed E-state index contributed by atoms with van der Waals surface area (Å²) in [5, 5.41) is 10.1. The highest BCUT2D eigenvalue weighted by Crippen LogP contribution is 2.39. The SMILES string of the molecule is Cc1c2nc(N)sc2c(C(=O)O)c2sc(N)nc12. The second-order valence-electron chi connectivity index (χ2n) is 3.76. The lowest BCUT2D eigenvalue weighted by Gasteiger charge is -2.01. The standard InChI is InChI=1S/C10H8N4O2S2/c1-2-4-6(17-9(11)13-4)3(8(15)16)7-5(2)14-10(12)18-7/h1H3,(H2,11,13)(H2,12,14)(H,15,16). The lowest BCUT2D eigenvalue weighted by atomic mass is 10.1. The van der Waals surface area contributed by atoms with Crippen molar-refractivity contribution >= 4 is 59.3 Å². The van der Waals surface area contributed by atoms with Crippen molar-refractivity contribution in [3.8, 4) is 0 Å². The molecule has 5 N–H and O–H groups in total. The molecule has 0 aliphatic rings. The van der Waals surface area contributed by atoms with Gasteiger partial charge < -0.3 is 16.6 Å². The molecule has 0 saturated carbocycles. The Morgan fingerprint density at radius 2 is 1.56 bits per heavy atom. The van der Waals surface area contributed by atoms with Crippen molar-refractivity contribution in [2.24, 2.45) is 0 Å². The Balaban J connectivity index is 2.64. The molecular formula is C10H8N4O2S2. The van der Waals surface area contributed by atoms with Crippen LogP contribution in [-0.2, 0) is 0 Å². The summed E-state index contributed by atoms with van der Waals surface area (Å²) in [5.74, 6) is -1.02. The van der Waals surface area contributed by atoms with Gasteiger partial charge in [0.25, 0.3) is 0 Å². The fourth-order valence-corrected chi connectivity index (χ4v) is 3.86. The lowest BCUT2D eigenvalue weighted by Crippen LogP contribution is -1.98. The molecule has 92 valence electrons. The molecule has 0 spiro atoms. The normalized spacial score (nSPS) is 11.4. The molecule has 0 aliphatic heterocycles. The van der Waals surface area contributed by atoms with E-state index in [1.54, 1.807) is 0 Å². The van der Waals surface area contributed by atoms with E-state index >= 15 is 0 Å². The first kappa shape index (κ1) is 11.2. The topological polar surface area (TPSA) is 115 Å². The van der Waals surface area contributed by atoms with Gasteiger partial charge in [0, 0.05) is 5.56 Å². The van der Waals surface area contributed by atoms with Crippen LogP contribution >= 0.6 is 22.7 Å². The number of hydrogen-bond donors (Lipinski definition) is 3. The minimum Gasteiger partial charge on any atom is -0.478 e. The Hall–Kier alpha value is -1.93. The van der Waals surface area contributed by atoms with E-state index in [-0.39, 0.29) is 5.56 Å². The van der Waals surface area contributed by atoms with E-state index in [2.05, 4.69) is 9.97 Å². The summed E-state index contributed by atoms with van der Waals surface area (Å²) in [6.07, 6.45) is 0. The van der Waals surface area contributed by atoms with Crippen molar-refractivity contribution in [2.45, 2.75) is 6.92 Å². The van der Waals surface area contributed by atoms with Crippen molar-refractivity contribution in [2.75, 3.05) is 11.5 Å². The number of benzene rings is 1. The van der Waals surface area contributed by atoms with Gasteiger partial charge in [0.05, 0.1) is 26.0 Å². The molecule has 3 aromatic rings. The molecular weight excluding hydrogens is 272 g/mol. The molecule has 2 aromatic heterocycles. The molecule has 0 aliphatic carbocycles. The minimum atomic E-state index is -1.02. The number of hydrogen-bond acceptors (Lipinski definition) is 7. The number of nitrogens with zero attached hydrogens (tertiary/aromatic N) is 2. The number of aromatic carboxylic acids is 1. The second kappa shape index (κ2) is 3.53. The fourth-order valence-electron chi connectivity index (χ4n) is 1.93. The monoisotopic (exact) mass is 280 g/mol. The van der Waals surface area contributed by atoms with Crippen LogP contribution in [0.4, 0.5) is 10.3 Å². The second-order valence-corrected chi connectivity index (χ2v) is 5.83. The van der Waals surface area contributed by atoms with Gasteiger partial charge in [0.15, 0.2) is 10.3 Å². The van der Waals surface area contributed by atoms with Crippen molar-refractivity contribution in [3.63, 3.8) is 0 Å². The van der Waals surface area contributed by atoms with Gasteiger partial charge in [0.1, 0.15) is 0 Å². The van der Waals surface area contributed by atoms with Crippen LogP contribution in [0.3, 0.4) is 0 Å². The molecule has 8 heteroatoms. The average Bonchev–Trinajstić information content (AvgIpc) is 2.81. The van der Waals surface area contributed by atoms with Gasteiger partial charge >= 0.3 is 5.97 Å². The van der Waals surface area contributed by atoms with Crippen molar-refractivity contribution < 1.29 is 9.90 Å². The van der Waals surface area contributed by atoms with Gasteiger partial charge in [-0.1, -0.05) is 22.7 Å². The van der Waals surface area contributed by atoms with E-state index in [0.29, 0.717) is 30.7 Å². The Kier molecular flexibility index (Phi) is 2.19. The predicted octanol–water partition coefficient (Wildman–Crippen LogP) is 2.08. The molecule has 0 fully saturated rings. The van der Waals surface area contributed by atoms with Crippen molar-refractivity contribution in [3.05, 3.63) is 11.1 Å². The third kappa shape index (κ3) is 1.36. The van der Waals surface area contributed by atoms with Gasteiger partial charge in [-0.05, 0) is 6.92 Å². The summed E-state index contributed by atoms with van der Waals surface area (Å²) in [7, 11) is 0. The zero-order valence-electron chi connectivity index (χ0n) is 9.22. The van der Waals surface area contributed by atoms with Crippen molar-refractivity contribution in [1.82, 2.24) is 9.97 Å². The van der Waals surface area contributed by atoms with E-state index in [9.17, 15) is 9.90 Å². The summed E-state index contributed by atoms with van der Waals surface area (Å²) in [6, 6.07) is 0. The molecule has 0 radical (unpaired) electrons. The zero-order chi connectivity index (χ0) is 13.0. The summed E-state index contributed by atoms with van der Waals surface area (Å²) < 4.78 is 1.15. The smallest absolute Gasteiger partial charge is 0.338 e. The zero-order valence-corrected chi connectivity index (χ0v) is 10.9. The molecule has 0 bridgehead atoms. The predicted molar refractivity (Wildman–Crippen MR) is 73.3 cm³/mol. The molecule has 6 nitrogen and oxygen atoms in total. The number of nitrogens with two attached hydrogens (primary N) is 2. The number of carbonyl (C=O) groups is 1. The molecule has 0 amide bonds. The molecule has 18 heavy (non-hydrogen) atoms. The van der Waals surface area contributed by atoms with Gasteiger partial charge in [-0.25, -0.2) is 14.8 Å². The number of anilines is 2. The first-order valence-corrected chi connectivity index (χ1v) is 6.60. The van der Waals surface area contributed by atoms with Gasteiger partial charge in [-0.3, -0.25) is 0 Å². The Morgan fingerprint density at radius 3 is 1.94 bits per heavy atom. The molecule has 0 unspecified atom stereocenters. The number of fused-ring (bicyclic) bond motifs is 2. The number of thiazole rings is 2. The Bertz CT molecular complexity index is 748. The van der Waals surface area contributed by atoms with Crippen LogP contribution in [0.2, 0.25) is 0 Å². The van der Waals surface area contributed by atoms with Crippen LogP contribution in [-0.4, -0.2) is 21.0 Å². The van der Waals surface area contributed by atoms with Crippen LogP contribution in [0.15, 0.2) is 0 Å². The number of nitrogen functional groups attached to an aromatic ring is 2. The summed E-state index contributed by atoms with van der Waals surface area (Å²) >= 11 is 2.34. The number of rotatable bonds is 1. The number of carboxylic acid groups (broad SMARTS) is 1. The highest BCUT2D eigenvalue weighted by Gasteiger charge is 2.22. The third-order valence-electron chi connectivity index (χ3n) is 2.67. The number of aryl methyl sites for hydroxylation is 1. The number of carboxylic acids is 1. The summed E-state index contributed by atoms with van der Waals surface area (Å²) in [5.41, 5.74) is 13.5. The highest BCUT2D eigenvalue weighted by atomic mass is 32.1. The summed E-state index contributed by atoms with van der Waals surface area (Å²) in [6.45, 7) is 1.84. The third-order valence-corrected chi connectivity index (χ3v) is 4.47. The maximum absolute atomic E-state index is 11.4. The Morgan fingerprint density at radius 1 is 1.11 bits per heavy atom. The largest absolute Gasteiger partial charge is 0.478 e. The first-order chi connectivity index (χ1) is 8.49. The first-order valence-electron chi connectivity index (χ1n) is 4.97. The van der Waals surface area contributed by atoms with Crippen LogP contribution < -0.4 is 11.5 Å². The maximum atomic E-state index is 11.4. The molecule has 2 heterocycles. The van der Waals surface area contributed by atoms with E-state index in [0.717, 1.165) is 5.56 Å². The average molecular weight is 280 g/mol. The quantitative estimate of drug-likeness (QED) is 0.628. The maximum Gasteiger partial charge on any atom is 0.338 e. The van der Waals surface area contributed by atoms with E-state index in [1.807, 2.05) is 6.92 Å². The molecule has 0 atom stereocenters. The van der Waals surface area contributed by atoms with Crippen LogP contribution in [0.1, 0.15) is 15.9 Å². The van der Waals surface area contributed by atoms with Gasteiger partial charge in [-0.2, -0.15) is 0 Å². The number of aromatic nitrogens is 2. The van der Waals surface area contributed by atoms with E-state index in [1.165, 1.54) is 22.7 Å². The Labute approximate surface area is 109 Å². The molecule has 3 rings (SSSR count). The highest BCUT2D eigenvalue weighted by molar-refractivity contribution is 7.25. The molecule has 0 saturated heterocycles. The van der Waals surface area contributed by atoms with Crippen LogP contribution in [0.25, 0.3) is 20.4 Å². The lowest BCUT2D eigenvalue weighted by molar-refractivity contribution is 0.0701. The fraction of sp³-hybridized carbons (Fsp3) is 0.100. The van der Waals surface area contributed by atoms with E-state index in [4.69, 9.17) is 11.5 Å². The minimum absolute atomic E-state index is 0.189. The van der Waals surface area contributed by atoms with Crippen LogP contribution in [0, 0.1) is 6.92 Å². The molecule has 1 aromatic carbocycles. The van der Waals surface area contributed by atoms with Crippen LogP contribution in [0.5, 0.6) is 0 Å². The van der Waals surface area contributed by atoms with Gasteiger partial charge in [0.2, 0.25) is 0 Å². The van der Waals surface area contributed by atoms with Gasteiger partial charge in [-0.15, -0.1) is 0 Å². The van der Waals surface area contributed by atoms with Crippen molar-refractivity contribution in [1.29, 1.82) is 0 Å². The summed E-state index contributed by atoms with van der Waals surface area (Å²) in [4.78, 5) is 19.8. The van der Waals surface area contributed by atoms with E-state index < -0.39 is 5.97 Å².